The van der Waals surface area contributed by atoms with Gasteiger partial charge in [0.2, 0.25) is 0 Å². The second-order valence-electron chi connectivity index (χ2n) is 5.41. The lowest BCUT2D eigenvalue weighted by Gasteiger charge is -2.33. The first kappa shape index (κ1) is 17.3. The maximum absolute atomic E-state index is 13.5. The van der Waals surface area contributed by atoms with Gasteiger partial charge in [-0.2, -0.15) is 13.2 Å². The first-order valence-electron chi connectivity index (χ1n) is 7.16. The molecular weight excluding hydrogens is 357 g/mol. The number of benzene rings is 2. The van der Waals surface area contributed by atoms with Crippen LogP contribution in [0.1, 0.15) is 15.9 Å². The summed E-state index contributed by atoms with van der Waals surface area (Å²) in [5, 5.41) is 10.6. The van der Waals surface area contributed by atoms with Crippen molar-refractivity contribution in [3.8, 4) is 0 Å². The van der Waals surface area contributed by atoms with Crippen LogP contribution in [0.25, 0.3) is 5.70 Å². The zero-order valence-electron chi connectivity index (χ0n) is 12.6. The summed E-state index contributed by atoms with van der Waals surface area (Å²) in [5.41, 5.74) is -0.864. The Morgan fingerprint density at radius 3 is 2.40 bits per heavy atom. The predicted octanol–water partition coefficient (Wildman–Crippen LogP) is 3.59. The number of carbonyl (C=O) groups is 1. The van der Waals surface area contributed by atoms with E-state index in [0.29, 0.717) is 11.6 Å². The monoisotopic (exact) mass is 368 g/mol. The van der Waals surface area contributed by atoms with Crippen LogP contribution in [0.5, 0.6) is 0 Å². The Morgan fingerprint density at radius 1 is 1.12 bits per heavy atom. The number of carbonyl (C=O) groups excluding carboxylic acids is 1. The number of nitrogens with zero attached hydrogens (tertiary/aromatic N) is 1. The van der Waals surface area contributed by atoms with E-state index in [0.717, 1.165) is 0 Å². The van der Waals surface area contributed by atoms with Crippen LogP contribution in [0.4, 0.5) is 13.2 Å². The Bertz CT molecular complexity index is 839. The smallest absolute Gasteiger partial charge is 0.359 e. The molecule has 1 amide bonds. The largest absolute Gasteiger partial charge is 0.442 e. The van der Waals surface area contributed by atoms with Crippen molar-refractivity contribution >= 4 is 23.2 Å². The van der Waals surface area contributed by atoms with E-state index in [-0.39, 0.29) is 21.3 Å². The molecule has 0 aromatic heterocycles. The average Bonchev–Trinajstić information content (AvgIpc) is 2.94. The third-order valence-corrected chi connectivity index (χ3v) is 3.93. The van der Waals surface area contributed by atoms with Gasteiger partial charge in [-0.05, 0) is 23.8 Å². The number of hydrogen-bond donors (Lipinski definition) is 2. The highest BCUT2D eigenvalue weighted by atomic mass is 35.5. The van der Waals surface area contributed by atoms with Crippen LogP contribution in [0.2, 0.25) is 5.02 Å². The molecule has 25 heavy (non-hydrogen) atoms. The number of hydrazine groups is 1. The minimum absolute atomic E-state index is 0.0317. The Kier molecular flexibility index (Phi) is 4.22. The molecule has 0 fully saturated rings. The second kappa shape index (κ2) is 6.09. The normalized spacial score (nSPS) is 20.2. The number of amides is 1. The van der Waals surface area contributed by atoms with E-state index in [1.165, 1.54) is 24.3 Å². The highest BCUT2D eigenvalue weighted by Crippen LogP contribution is 2.40. The summed E-state index contributed by atoms with van der Waals surface area (Å²) >= 11 is 5.79. The molecule has 0 radical (unpaired) electrons. The molecule has 2 aromatic carbocycles. The number of rotatable bonds is 2. The molecule has 130 valence electrons. The molecule has 2 N–H and O–H groups in total. The maximum atomic E-state index is 13.5. The number of aliphatic hydroxyl groups is 1. The highest BCUT2D eigenvalue weighted by Gasteiger charge is 2.61. The van der Waals surface area contributed by atoms with Crippen molar-refractivity contribution in [2.75, 3.05) is 0 Å². The van der Waals surface area contributed by atoms with Crippen molar-refractivity contribution in [1.82, 2.24) is 10.4 Å². The number of hydrogen-bond acceptors (Lipinski definition) is 3. The standard InChI is InChI=1S/C17H12ClF3N2O2/c18-13-8-4-7-12(9-13)15(24)23-16(25,17(19,20)21)10-14(22-23)11-5-2-1-3-6-11/h1-10,22,25H/t16-/m0/s1. The summed E-state index contributed by atoms with van der Waals surface area (Å²) in [6.45, 7) is 0. The van der Waals surface area contributed by atoms with E-state index in [9.17, 15) is 23.1 Å². The molecule has 3 rings (SSSR count). The zero-order valence-corrected chi connectivity index (χ0v) is 13.3. The van der Waals surface area contributed by atoms with E-state index < -0.39 is 17.8 Å². The molecule has 1 aliphatic rings. The van der Waals surface area contributed by atoms with Gasteiger partial charge < -0.3 is 5.11 Å². The molecule has 0 saturated carbocycles. The fourth-order valence-corrected chi connectivity index (χ4v) is 2.62. The molecule has 0 spiro atoms. The molecule has 0 aliphatic carbocycles. The van der Waals surface area contributed by atoms with Gasteiger partial charge in [-0.25, -0.2) is 5.01 Å². The van der Waals surface area contributed by atoms with Crippen LogP contribution in [-0.4, -0.2) is 27.9 Å². The Balaban J connectivity index is 2.03. The summed E-state index contributed by atoms with van der Waals surface area (Å²) in [6.07, 6.45) is -4.53. The lowest BCUT2D eigenvalue weighted by atomic mass is 10.1. The van der Waals surface area contributed by atoms with Crippen LogP contribution in [0.15, 0.2) is 60.7 Å². The second-order valence-corrected chi connectivity index (χ2v) is 5.85. The summed E-state index contributed by atoms with van der Waals surface area (Å²) in [5.74, 6) is -1.07. The Morgan fingerprint density at radius 2 is 1.80 bits per heavy atom. The fourth-order valence-electron chi connectivity index (χ4n) is 2.43. The predicted molar refractivity (Wildman–Crippen MR) is 86.2 cm³/mol. The van der Waals surface area contributed by atoms with Crippen molar-refractivity contribution in [2.24, 2.45) is 0 Å². The van der Waals surface area contributed by atoms with Gasteiger partial charge in [0.1, 0.15) is 0 Å². The lowest BCUT2D eigenvalue weighted by molar-refractivity contribution is -0.283. The van der Waals surface area contributed by atoms with Gasteiger partial charge in [-0.3, -0.25) is 10.2 Å². The summed E-state index contributed by atoms with van der Waals surface area (Å²) < 4.78 is 40.5. The summed E-state index contributed by atoms with van der Waals surface area (Å²) in [6, 6.07) is 13.5. The van der Waals surface area contributed by atoms with Crippen molar-refractivity contribution in [3.05, 3.63) is 76.8 Å². The first-order chi connectivity index (χ1) is 11.7. The van der Waals surface area contributed by atoms with E-state index in [1.807, 2.05) is 0 Å². The van der Waals surface area contributed by atoms with Crippen molar-refractivity contribution in [2.45, 2.75) is 11.9 Å². The van der Waals surface area contributed by atoms with Gasteiger partial charge in [0.15, 0.2) is 0 Å². The Labute approximate surface area is 146 Å². The third kappa shape index (κ3) is 3.08. The Hall–Kier alpha value is -2.51. The molecule has 8 heteroatoms. The molecule has 4 nitrogen and oxygen atoms in total. The van der Waals surface area contributed by atoms with Gasteiger partial charge >= 0.3 is 6.18 Å². The molecule has 1 atom stereocenters. The van der Waals surface area contributed by atoms with Crippen LogP contribution in [0.3, 0.4) is 0 Å². The van der Waals surface area contributed by atoms with E-state index in [2.05, 4.69) is 5.43 Å². The van der Waals surface area contributed by atoms with Crippen molar-refractivity contribution in [3.63, 3.8) is 0 Å². The molecule has 1 aliphatic heterocycles. The van der Waals surface area contributed by atoms with Gasteiger partial charge in [-0.1, -0.05) is 48.0 Å². The maximum Gasteiger partial charge on any atom is 0.442 e. The lowest BCUT2D eigenvalue weighted by Crippen LogP contribution is -2.60. The number of alkyl halides is 3. The molecule has 1 heterocycles. The summed E-state index contributed by atoms with van der Waals surface area (Å²) in [4.78, 5) is 12.5. The van der Waals surface area contributed by atoms with Gasteiger partial charge in [-0.15, -0.1) is 0 Å². The van der Waals surface area contributed by atoms with E-state index in [4.69, 9.17) is 11.6 Å². The minimum atomic E-state index is -5.11. The molecule has 2 aromatic rings. The number of nitrogens with one attached hydrogen (secondary N) is 1. The zero-order chi connectivity index (χ0) is 18.2. The van der Waals surface area contributed by atoms with E-state index in [1.54, 1.807) is 30.3 Å². The quantitative estimate of drug-likeness (QED) is 0.851. The topological polar surface area (TPSA) is 52.6 Å². The van der Waals surface area contributed by atoms with Gasteiger partial charge in [0.05, 0.1) is 5.70 Å². The third-order valence-electron chi connectivity index (χ3n) is 3.70. The van der Waals surface area contributed by atoms with Crippen LogP contribution < -0.4 is 5.43 Å². The average molecular weight is 369 g/mol. The SMILES string of the molecule is O=C(c1cccc(Cl)c1)N1NC(c2ccccc2)=C[C@]1(O)C(F)(F)F. The van der Waals surface area contributed by atoms with Crippen molar-refractivity contribution < 1.29 is 23.1 Å². The summed E-state index contributed by atoms with van der Waals surface area (Å²) in [7, 11) is 0. The first-order valence-corrected chi connectivity index (χ1v) is 7.54. The van der Waals surface area contributed by atoms with Crippen molar-refractivity contribution in [1.29, 1.82) is 0 Å². The van der Waals surface area contributed by atoms with Crippen LogP contribution >= 0.6 is 11.6 Å². The molecule has 0 saturated heterocycles. The number of halogens is 4. The highest BCUT2D eigenvalue weighted by molar-refractivity contribution is 6.31. The van der Waals surface area contributed by atoms with E-state index >= 15 is 0 Å². The minimum Gasteiger partial charge on any atom is -0.359 e. The van der Waals surface area contributed by atoms with Gasteiger partial charge in [0.25, 0.3) is 11.6 Å². The molecule has 0 unspecified atom stereocenters. The fraction of sp³-hybridized carbons (Fsp3) is 0.118. The molecular formula is C17H12ClF3N2O2. The molecule has 0 bridgehead atoms. The van der Waals surface area contributed by atoms with Gasteiger partial charge in [0, 0.05) is 16.7 Å². The van der Waals surface area contributed by atoms with Crippen LogP contribution in [-0.2, 0) is 0 Å². The van der Waals surface area contributed by atoms with Crippen LogP contribution in [0, 0.1) is 0 Å².